The quantitative estimate of drug-likeness (QED) is 0.713. The van der Waals surface area contributed by atoms with E-state index in [1.807, 2.05) is 13.8 Å². The average molecular weight is 369 g/mol. The fraction of sp³-hybridized carbons (Fsp3) is 0.357. The first-order valence-corrected chi connectivity index (χ1v) is 7.71. The van der Waals surface area contributed by atoms with E-state index >= 15 is 0 Å². The van der Waals surface area contributed by atoms with Gasteiger partial charge in [0.1, 0.15) is 5.54 Å². The number of nitrogens with one attached hydrogen (secondary N) is 3. The molecule has 0 aliphatic carbocycles. The number of anilines is 1. The summed E-state index contributed by atoms with van der Waals surface area (Å²) in [6.07, 6.45) is 0.918. The van der Waals surface area contributed by atoms with Gasteiger partial charge in [-0.2, -0.15) is 5.01 Å². The Balaban J connectivity index is 2.04. The fourth-order valence-corrected chi connectivity index (χ4v) is 2.51. The molecule has 0 aromatic heterocycles. The summed E-state index contributed by atoms with van der Waals surface area (Å²) in [5.41, 5.74) is 1.88. The van der Waals surface area contributed by atoms with Crippen LogP contribution in [0.3, 0.4) is 0 Å². The van der Waals surface area contributed by atoms with Gasteiger partial charge in [0.05, 0.1) is 0 Å². The molecular weight excluding hydrogens is 352 g/mol. The molecule has 1 aliphatic heterocycles. The van der Waals surface area contributed by atoms with Crippen molar-refractivity contribution < 1.29 is 14.4 Å². The van der Waals surface area contributed by atoms with E-state index in [4.69, 9.17) is 0 Å². The van der Waals surface area contributed by atoms with Crippen LogP contribution in [0.5, 0.6) is 0 Å². The zero-order valence-electron chi connectivity index (χ0n) is 12.3. The van der Waals surface area contributed by atoms with Crippen LogP contribution in [0.2, 0.25) is 0 Å². The SMILES string of the molecule is CCC1(CC)NC(=O)N(NC(=O)Nc2ccc(Br)cc2)C1=O. The van der Waals surface area contributed by atoms with Gasteiger partial charge in [0.2, 0.25) is 0 Å². The van der Waals surface area contributed by atoms with Crippen molar-refractivity contribution in [2.45, 2.75) is 32.2 Å². The maximum atomic E-state index is 12.3. The van der Waals surface area contributed by atoms with Crippen molar-refractivity contribution in [3.8, 4) is 0 Å². The van der Waals surface area contributed by atoms with Crippen LogP contribution in [-0.2, 0) is 4.79 Å². The number of carbonyl (C=O) groups excluding carboxylic acids is 3. The van der Waals surface area contributed by atoms with E-state index in [1.54, 1.807) is 24.3 Å². The summed E-state index contributed by atoms with van der Waals surface area (Å²) < 4.78 is 0.878. The molecule has 3 N–H and O–H groups in total. The number of urea groups is 2. The normalized spacial score (nSPS) is 16.4. The predicted octanol–water partition coefficient (Wildman–Crippen LogP) is 2.60. The third kappa shape index (κ3) is 3.06. The fourth-order valence-electron chi connectivity index (χ4n) is 2.24. The van der Waals surface area contributed by atoms with Gasteiger partial charge in [0.15, 0.2) is 0 Å². The minimum absolute atomic E-state index is 0.451. The van der Waals surface area contributed by atoms with E-state index < -0.39 is 23.5 Å². The second-order valence-corrected chi connectivity index (χ2v) is 5.85. The van der Waals surface area contributed by atoms with Crippen molar-refractivity contribution in [3.63, 3.8) is 0 Å². The van der Waals surface area contributed by atoms with Gasteiger partial charge in [-0.25, -0.2) is 15.0 Å². The third-order valence-electron chi connectivity index (χ3n) is 3.68. The summed E-state index contributed by atoms with van der Waals surface area (Å²) in [5.74, 6) is -0.451. The Kier molecular flexibility index (Phi) is 4.70. The van der Waals surface area contributed by atoms with Crippen LogP contribution < -0.4 is 16.1 Å². The number of nitrogens with zero attached hydrogens (tertiary/aromatic N) is 1. The van der Waals surface area contributed by atoms with Crippen LogP contribution in [0.4, 0.5) is 15.3 Å². The minimum atomic E-state index is -0.942. The lowest BCUT2D eigenvalue weighted by molar-refractivity contribution is -0.133. The molecule has 1 saturated heterocycles. The van der Waals surface area contributed by atoms with Crippen molar-refractivity contribution in [2.75, 3.05) is 5.32 Å². The summed E-state index contributed by atoms with van der Waals surface area (Å²) in [5, 5.41) is 5.91. The van der Waals surface area contributed by atoms with Gasteiger partial charge in [-0.05, 0) is 37.1 Å². The summed E-state index contributed by atoms with van der Waals surface area (Å²) in [7, 11) is 0. The van der Waals surface area contributed by atoms with E-state index in [0.717, 1.165) is 9.48 Å². The topological polar surface area (TPSA) is 90.5 Å². The second-order valence-electron chi connectivity index (χ2n) is 4.93. The van der Waals surface area contributed by atoms with E-state index in [2.05, 4.69) is 32.0 Å². The number of rotatable bonds is 4. The van der Waals surface area contributed by atoms with E-state index in [1.165, 1.54) is 0 Å². The highest BCUT2D eigenvalue weighted by Crippen LogP contribution is 2.23. The van der Waals surface area contributed by atoms with E-state index in [-0.39, 0.29) is 0 Å². The molecule has 2 rings (SSSR count). The number of hydrogen-bond donors (Lipinski definition) is 3. The highest BCUT2D eigenvalue weighted by molar-refractivity contribution is 9.10. The largest absolute Gasteiger partial charge is 0.344 e. The highest BCUT2D eigenvalue weighted by Gasteiger charge is 2.49. The monoisotopic (exact) mass is 368 g/mol. The molecule has 1 fully saturated rings. The Hall–Kier alpha value is -2.09. The number of benzene rings is 1. The van der Waals surface area contributed by atoms with Crippen molar-refractivity contribution >= 4 is 39.6 Å². The van der Waals surface area contributed by atoms with E-state index in [0.29, 0.717) is 18.5 Å². The molecule has 22 heavy (non-hydrogen) atoms. The number of hydrogen-bond acceptors (Lipinski definition) is 3. The number of imide groups is 1. The standard InChI is InChI=1S/C14H17BrN4O3/c1-3-14(4-2)11(20)19(13(22)17-14)18-12(21)16-10-7-5-9(15)6-8-10/h5-8H,3-4H2,1-2H3,(H,17,22)(H2,16,18,21). The minimum Gasteiger partial charge on any atom is -0.322 e. The molecule has 0 spiro atoms. The van der Waals surface area contributed by atoms with Crippen LogP contribution in [-0.4, -0.2) is 28.5 Å². The number of carbonyl (C=O) groups is 3. The molecule has 1 aromatic carbocycles. The van der Waals surface area contributed by atoms with E-state index in [9.17, 15) is 14.4 Å². The Morgan fingerprint density at radius 2 is 1.82 bits per heavy atom. The van der Waals surface area contributed by atoms with Crippen LogP contribution in [0.25, 0.3) is 0 Å². The molecule has 8 heteroatoms. The number of halogens is 1. The maximum Gasteiger partial charge on any atom is 0.344 e. The van der Waals surface area contributed by atoms with Gasteiger partial charge in [0, 0.05) is 10.2 Å². The van der Waals surface area contributed by atoms with Crippen LogP contribution in [0.1, 0.15) is 26.7 Å². The highest BCUT2D eigenvalue weighted by atomic mass is 79.9. The molecular formula is C14H17BrN4O3. The molecule has 1 aliphatic rings. The smallest absolute Gasteiger partial charge is 0.322 e. The molecule has 0 saturated carbocycles. The van der Waals surface area contributed by atoms with Gasteiger partial charge in [-0.1, -0.05) is 29.8 Å². The molecule has 7 nitrogen and oxygen atoms in total. The summed E-state index contributed by atoms with van der Waals surface area (Å²) in [6, 6.07) is 5.63. The molecule has 1 aromatic rings. The van der Waals surface area contributed by atoms with Crippen molar-refractivity contribution in [1.29, 1.82) is 0 Å². The number of amides is 5. The second kappa shape index (κ2) is 6.35. The van der Waals surface area contributed by atoms with Crippen LogP contribution in [0, 0.1) is 0 Å². The van der Waals surface area contributed by atoms with Gasteiger partial charge in [0.25, 0.3) is 5.91 Å². The Bertz CT molecular complexity index is 599. The lowest BCUT2D eigenvalue weighted by atomic mass is 9.93. The first-order chi connectivity index (χ1) is 10.4. The zero-order valence-corrected chi connectivity index (χ0v) is 13.9. The van der Waals surface area contributed by atoms with Gasteiger partial charge < -0.3 is 10.6 Å². The predicted molar refractivity (Wildman–Crippen MR) is 85.0 cm³/mol. The Morgan fingerprint density at radius 1 is 1.23 bits per heavy atom. The molecule has 1 heterocycles. The van der Waals surface area contributed by atoms with Gasteiger partial charge in [-0.15, -0.1) is 0 Å². The Labute approximate surface area is 136 Å². The molecule has 0 atom stereocenters. The zero-order chi connectivity index (χ0) is 16.3. The van der Waals surface area contributed by atoms with Gasteiger partial charge in [-0.3, -0.25) is 4.79 Å². The molecule has 0 unspecified atom stereocenters. The van der Waals surface area contributed by atoms with Crippen LogP contribution in [0.15, 0.2) is 28.7 Å². The third-order valence-corrected chi connectivity index (χ3v) is 4.21. The summed E-state index contributed by atoms with van der Waals surface area (Å²) in [6.45, 7) is 3.63. The number of hydrazine groups is 1. The molecule has 118 valence electrons. The first-order valence-electron chi connectivity index (χ1n) is 6.91. The van der Waals surface area contributed by atoms with Gasteiger partial charge >= 0.3 is 12.1 Å². The average Bonchev–Trinajstić information content (AvgIpc) is 2.74. The van der Waals surface area contributed by atoms with Crippen molar-refractivity contribution in [2.24, 2.45) is 0 Å². The lowest BCUT2D eigenvalue weighted by Crippen LogP contribution is -2.50. The molecule has 5 amide bonds. The van der Waals surface area contributed by atoms with Crippen molar-refractivity contribution in [3.05, 3.63) is 28.7 Å². The molecule has 0 radical (unpaired) electrons. The maximum absolute atomic E-state index is 12.3. The summed E-state index contributed by atoms with van der Waals surface area (Å²) >= 11 is 3.29. The lowest BCUT2D eigenvalue weighted by Gasteiger charge is -2.23. The van der Waals surface area contributed by atoms with Crippen LogP contribution >= 0.6 is 15.9 Å². The summed E-state index contributed by atoms with van der Waals surface area (Å²) in [4.78, 5) is 36.1. The van der Waals surface area contributed by atoms with Crippen molar-refractivity contribution in [1.82, 2.24) is 15.8 Å². The Morgan fingerprint density at radius 3 is 2.32 bits per heavy atom. The first kappa shape index (κ1) is 16.3. The molecule has 0 bridgehead atoms.